The molecule has 8 heteroatoms. The minimum absolute atomic E-state index is 0.0604. The topological polar surface area (TPSA) is 110 Å². The lowest BCUT2D eigenvalue weighted by atomic mass is 10.2. The van der Waals surface area contributed by atoms with Crippen molar-refractivity contribution in [3.05, 3.63) is 55.8 Å². The summed E-state index contributed by atoms with van der Waals surface area (Å²) in [5.74, 6) is -1.55. The molecule has 0 atom stereocenters. The zero-order valence-corrected chi connectivity index (χ0v) is 11.6. The Kier molecular flexibility index (Phi) is 3.99. The second kappa shape index (κ2) is 5.71. The van der Waals surface area contributed by atoms with E-state index < -0.39 is 16.8 Å². The molecule has 0 fully saturated rings. The van der Waals surface area contributed by atoms with Gasteiger partial charge >= 0.3 is 5.97 Å². The van der Waals surface area contributed by atoms with Gasteiger partial charge in [0.05, 0.1) is 9.80 Å². The van der Waals surface area contributed by atoms with Crippen LogP contribution in [-0.4, -0.2) is 21.9 Å². The molecule has 0 bridgehead atoms. The lowest BCUT2D eigenvalue weighted by Gasteiger charge is -2.06. The number of nitrogens with one attached hydrogen (secondary N) is 1. The first kappa shape index (κ1) is 14.7. The normalized spacial score (nSPS) is 10.1. The van der Waals surface area contributed by atoms with Crippen LogP contribution in [0, 0.1) is 17.0 Å². The molecule has 7 nitrogen and oxygen atoms in total. The highest BCUT2D eigenvalue weighted by Crippen LogP contribution is 2.23. The van der Waals surface area contributed by atoms with Crippen molar-refractivity contribution in [1.29, 1.82) is 0 Å². The maximum Gasteiger partial charge on any atom is 0.345 e. The number of hydrogen-bond donors (Lipinski definition) is 2. The Morgan fingerprint density at radius 3 is 2.43 bits per heavy atom. The number of rotatable bonds is 4. The number of thiophene rings is 1. The lowest BCUT2D eigenvalue weighted by molar-refractivity contribution is -0.384. The largest absolute Gasteiger partial charge is 0.477 e. The predicted octanol–water partition coefficient (Wildman–Crippen LogP) is 2.92. The summed E-state index contributed by atoms with van der Waals surface area (Å²) in [5.41, 5.74) is 0.929. The van der Waals surface area contributed by atoms with Crippen LogP contribution in [0.5, 0.6) is 0 Å². The number of nitrogens with zero attached hydrogens (tertiary/aromatic N) is 1. The number of carbonyl (C=O) groups excluding carboxylic acids is 1. The van der Waals surface area contributed by atoms with E-state index in [4.69, 9.17) is 5.11 Å². The Hall–Kier alpha value is -2.74. The molecule has 2 N–H and O–H groups in total. The quantitative estimate of drug-likeness (QED) is 0.666. The van der Waals surface area contributed by atoms with Crippen molar-refractivity contribution >= 4 is 34.6 Å². The van der Waals surface area contributed by atoms with Gasteiger partial charge in [-0.15, -0.1) is 11.3 Å². The van der Waals surface area contributed by atoms with Crippen LogP contribution in [-0.2, 0) is 0 Å². The highest BCUT2D eigenvalue weighted by Gasteiger charge is 2.15. The molecule has 1 heterocycles. The number of anilines is 1. The number of nitro benzene ring substituents is 1. The summed E-state index contributed by atoms with van der Waals surface area (Å²) < 4.78 is 0. The van der Waals surface area contributed by atoms with Gasteiger partial charge in [0.15, 0.2) is 0 Å². The van der Waals surface area contributed by atoms with Gasteiger partial charge in [-0.25, -0.2) is 4.79 Å². The van der Waals surface area contributed by atoms with Crippen molar-refractivity contribution in [3.8, 4) is 0 Å². The molecule has 1 aromatic heterocycles. The maximum absolute atomic E-state index is 12.0. The molecule has 1 aromatic carbocycles. The summed E-state index contributed by atoms with van der Waals surface area (Å²) in [4.78, 5) is 33.2. The summed E-state index contributed by atoms with van der Waals surface area (Å²) in [6.07, 6.45) is 0. The van der Waals surface area contributed by atoms with Crippen molar-refractivity contribution < 1.29 is 19.6 Å². The van der Waals surface area contributed by atoms with Crippen molar-refractivity contribution in [3.63, 3.8) is 0 Å². The predicted molar refractivity (Wildman–Crippen MR) is 77.1 cm³/mol. The smallest absolute Gasteiger partial charge is 0.345 e. The van der Waals surface area contributed by atoms with E-state index in [0.717, 1.165) is 11.3 Å². The zero-order valence-electron chi connectivity index (χ0n) is 10.8. The average molecular weight is 306 g/mol. The molecule has 0 aliphatic carbocycles. The van der Waals surface area contributed by atoms with E-state index in [-0.39, 0.29) is 15.4 Å². The van der Waals surface area contributed by atoms with E-state index in [1.54, 1.807) is 6.92 Å². The molecule has 0 saturated heterocycles. The maximum atomic E-state index is 12.0. The standard InChI is InChI=1S/C13H10N2O5S/c1-7-6-8(15(19)20)2-3-9(7)14-12(16)10-4-5-11(21-10)13(17)18/h2-6H,1H3,(H,14,16)(H,17,18). The fraction of sp³-hybridized carbons (Fsp3) is 0.0769. The highest BCUT2D eigenvalue weighted by atomic mass is 32.1. The Morgan fingerprint density at radius 2 is 1.90 bits per heavy atom. The average Bonchev–Trinajstić information content (AvgIpc) is 2.90. The molecule has 0 spiro atoms. The van der Waals surface area contributed by atoms with E-state index in [1.165, 1.54) is 30.3 Å². The number of amides is 1. The summed E-state index contributed by atoms with van der Waals surface area (Å²) >= 11 is 0.862. The molecular formula is C13H10N2O5S. The molecule has 0 saturated carbocycles. The van der Waals surface area contributed by atoms with Crippen molar-refractivity contribution in [2.45, 2.75) is 6.92 Å². The van der Waals surface area contributed by atoms with E-state index in [1.807, 2.05) is 0 Å². The van der Waals surface area contributed by atoms with Crippen LogP contribution in [0.1, 0.15) is 24.9 Å². The number of non-ortho nitro benzene ring substituents is 1. The van der Waals surface area contributed by atoms with Gasteiger partial charge in [-0.1, -0.05) is 0 Å². The van der Waals surface area contributed by atoms with E-state index in [9.17, 15) is 19.7 Å². The monoisotopic (exact) mass is 306 g/mol. The fourth-order valence-electron chi connectivity index (χ4n) is 1.66. The molecule has 108 valence electrons. The van der Waals surface area contributed by atoms with Crippen molar-refractivity contribution in [1.82, 2.24) is 0 Å². The third-order valence-corrected chi connectivity index (χ3v) is 3.78. The number of carboxylic acids is 1. The van der Waals surface area contributed by atoms with Crippen LogP contribution in [0.25, 0.3) is 0 Å². The second-order valence-electron chi connectivity index (χ2n) is 4.18. The van der Waals surface area contributed by atoms with Gasteiger partial charge in [-0.05, 0) is 30.7 Å². The second-order valence-corrected chi connectivity index (χ2v) is 5.26. The van der Waals surface area contributed by atoms with Gasteiger partial charge in [0.25, 0.3) is 11.6 Å². The summed E-state index contributed by atoms with van der Waals surface area (Å²) in [6.45, 7) is 1.64. The molecule has 0 radical (unpaired) electrons. The molecular weight excluding hydrogens is 296 g/mol. The number of hydrogen-bond acceptors (Lipinski definition) is 5. The first-order valence-electron chi connectivity index (χ1n) is 5.78. The summed E-state index contributed by atoms with van der Waals surface area (Å²) in [7, 11) is 0. The Morgan fingerprint density at radius 1 is 1.24 bits per heavy atom. The zero-order chi connectivity index (χ0) is 15.6. The first-order chi connectivity index (χ1) is 9.88. The van der Waals surface area contributed by atoms with Crippen LogP contribution in [0.4, 0.5) is 11.4 Å². The minimum Gasteiger partial charge on any atom is -0.477 e. The molecule has 0 aliphatic rings. The number of carbonyl (C=O) groups is 2. The van der Waals surface area contributed by atoms with E-state index in [0.29, 0.717) is 11.3 Å². The highest BCUT2D eigenvalue weighted by molar-refractivity contribution is 7.15. The van der Waals surface area contributed by atoms with Gasteiger partial charge in [-0.2, -0.15) is 0 Å². The van der Waals surface area contributed by atoms with Crippen LogP contribution in [0.2, 0.25) is 0 Å². The van der Waals surface area contributed by atoms with Crippen molar-refractivity contribution in [2.75, 3.05) is 5.32 Å². The number of aromatic carboxylic acids is 1. The van der Waals surface area contributed by atoms with E-state index in [2.05, 4.69) is 5.32 Å². The summed E-state index contributed by atoms with van der Waals surface area (Å²) in [6, 6.07) is 6.86. The SMILES string of the molecule is Cc1cc([N+](=O)[O-])ccc1NC(=O)c1ccc(C(=O)O)s1. The fourth-order valence-corrected chi connectivity index (χ4v) is 2.40. The molecule has 1 amide bonds. The van der Waals surface area contributed by atoms with Crippen molar-refractivity contribution in [2.24, 2.45) is 0 Å². The third kappa shape index (κ3) is 3.23. The summed E-state index contributed by atoms with van der Waals surface area (Å²) in [5, 5.41) is 22.1. The Balaban J connectivity index is 2.19. The molecule has 0 unspecified atom stereocenters. The molecule has 2 rings (SSSR count). The van der Waals surface area contributed by atoms with Crippen LogP contribution in [0.3, 0.4) is 0 Å². The Bertz CT molecular complexity index is 738. The number of carboxylic acid groups (broad SMARTS) is 1. The number of nitro groups is 1. The van der Waals surface area contributed by atoms with Gasteiger partial charge in [-0.3, -0.25) is 14.9 Å². The van der Waals surface area contributed by atoms with Crippen LogP contribution < -0.4 is 5.32 Å². The first-order valence-corrected chi connectivity index (χ1v) is 6.59. The number of aryl methyl sites for hydroxylation is 1. The van der Waals surface area contributed by atoms with Crippen LogP contribution in [0.15, 0.2) is 30.3 Å². The van der Waals surface area contributed by atoms with Gasteiger partial charge in [0.1, 0.15) is 4.88 Å². The van der Waals surface area contributed by atoms with E-state index >= 15 is 0 Å². The van der Waals surface area contributed by atoms with Crippen LogP contribution >= 0.6 is 11.3 Å². The van der Waals surface area contributed by atoms with Gasteiger partial charge in [0.2, 0.25) is 0 Å². The molecule has 2 aromatic rings. The third-order valence-electron chi connectivity index (χ3n) is 2.71. The minimum atomic E-state index is -1.09. The molecule has 21 heavy (non-hydrogen) atoms. The van der Waals surface area contributed by atoms with Gasteiger partial charge in [0, 0.05) is 17.8 Å². The lowest BCUT2D eigenvalue weighted by Crippen LogP contribution is -2.11. The molecule has 0 aliphatic heterocycles. The number of benzene rings is 1. The Labute approximate surface area is 123 Å². The van der Waals surface area contributed by atoms with Gasteiger partial charge < -0.3 is 10.4 Å².